The Bertz CT molecular complexity index is 1100. The van der Waals surface area contributed by atoms with E-state index in [1.807, 2.05) is 60.7 Å². The molecule has 0 saturated heterocycles. The lowest BCUT2D eigenvalue weighted by molar-refractivity contribution is -0.112. The van der Waals surface area contributed by atoms with E-state index in [-0.39, 0.29) is 5.57 Å². The summed E-state index contributed by atoms with van der Waals surface area (Å²) in [7, 11) is 3.04. The molecule has 0 spiro atoms. The van der Waals surface area contributed by atoms with Crippen molar-refractivity contribution in [1.82, 2.24) is 0 Å². The molecule has 0 aliphatic rings. The van der Waals surface area contributed by atoms with Gasteiger partial charge in [0.15, 0.2) is 11.5 Å². The smallest absolute Gasteiger partial charge is 0.267 e. The van der Waals surface area contributed by atoms with Gasteiger partial charge in [0.05, 0.1) is 14.2 Å². The summed E-state index contributed by atoms with van der Waals surface area (Å²) in [4.78, 5) is 12.5. The van der Waals surface area contributed by atoms with Crippen LogP contribution in [-0.2, 0) is 4.79 Å². The number of nitrogens with one attached hydrogen (secondary N) is 3. The highest BCUT2D eigenvalue weighted by Gasteiger charge is 2.11. The Morgan fingerprint density at radius 3 is 2.10 bits per heavy atom. The number of para-hydroxylation sites is 1. The molecule has 7 heteroatoms. The second kappa shape index (κ2) is 10.4. The van der Waals surface area contributed by atoms with Crippen molar-refractivity contribution in [2.24, 2.45) is 0 Å². The number of nitriles is 1. The highest BCUT2D eigenvalue weighted by molar-refractivity contribution is 6.06. The maximum atomic E-state index is 12.5. The third-order valence-electron chi connectivity index (χ3n) is 4.34. The van der Waals surface area contributed by atoms with E-state index in [0.717, 1.165) is 17.1 Å². The molecule has 1 amide bonds. The lowest BCUT2D eigenvalue weighted by atomic mass is 10.2. The summed E-state index contributed by atoms with van der Waals surface area (Å²) < 4.78 is 10.4. The van der Waals surface area contributed by atoms with Gasteiger partial charge in [-0.1, -0.05) is 18.2 Å². The summed E-state index contributed by atoms with van der Waals surface area (Å²) in [5.74, 6) is 0.484. The summed E-state index contributed by atoms with van der Waals surface area (Å²) >= 11 is 0. The number of hydrogen-bond acceptors (Lipinski definition) is 6. The molecular weight excluding hydrogens is 392 g/mol. The van der Waals surface area contributed by atoms with Crippen molar-refractivity contribution in [3.8, 4) is 17.6 Å². The summed E-state index contributed by atoms with van der Waals surface area (Å²) in [5, 5.41) is 18.3. The average Bonchev–Trinajstić information content (AvgIpc) is 2.81. The molecule has 0 fully saturated rings. The number of benzene rings is 3. The number of amides is 1. The van der Waals surface area contributed by atoms with Crippen molar-refractivity contribution in [2.45, 2.75) is 0 Å². The molecule has 0 radical (unpaired) electrons. The first-order valence-corrected chi connectivity index (χ1v) is 9.45. The Hall–Kier alpha value is -4.44. The molecule has 0 aliphatic carbocycles. The van der Waals surface area contributed by atoms with Crippen LogP contribution in [-0.4, -0.2) is 20.1 Å². The number of anilines is 4. The zero-order valence-electron chi connectivity index (χ0n) is 17.2. The molecule has 3 aromatic rings. The quantitative estimate of drug-likeness (QED) is 0.358. The molecule has 0 heterocycles. The number of rotatable bonds is 8. The van der Waals surface area contributed by atoms with Crippen molar-refractivity contribution in [3.63, 3.8) is 0 Å². The van der Waals surface area contributed by atoms with Crippen LogP contribution in [0.15, 0.2) is 84.6 Å². The lowest BCUT2D eigenvalue weighted by Crippen LogP contribution is -2.14. The van der Waals surface area contributed by atoms with Gasteiger partial charge in [-0.15, -0.1) is 0 Å². The van der Waals surface area contributed by atoms with Crippen LogP contribution in [0.3, 0.4) is 0 Å². The third-order valence-corrected chi connectivity index (χ3v) is 4.34. The van der Waals surface area contributed by atoms with Gasteiger partial charge >= 0.3 is 0 Å². The molecule has 0 bridgehead atoms. The van der Waals surface area contributed by atoms with E-state index in [2.05, 4.69) is 16.0 Å². The normalized spacial score (nSPS) is 10.5. The van der Waals surface area contributed by atoms with E-state index in [0.29, 0.717) is 17.2 Å². The van der Waals surface area contributed by atoms with Gasteiger partial charge in [-0.2, -0.15) is 5.26 Å². The van der Waals surface area contributed by atoms with Gasteiger partial charge in [-0.3, -0.25) is 4.79 Å². The number of carbonyl (C=O) groups excluding carboxylic acids is 1. The summed E-state index contributed by atoms with van der Waals surface area (Å²) in [5.41, 5.74) is 3.07. The molecule has 0 aliphatic heterocycles. The SMILES string of the molecule is COc1ccc(NC(=O)/C(C#N)=C\Nc2ccc(Nc3ccccc3)cc2)cc1OC. The molecule has 7 nitrogen and oxygen atoms in total. The van der Waals surface area contributed by atoms with Crippen LogP contribution in [0.1, 0.15) is 0 Å². The minimum atomic E-state index is -0.537. The largest absolute Gasteiger partial charge is 0.493 e. The highest BCUT2D eigenvalue weighted by atomic mass is 16.5. The Balaban J connectivity index is 1.63. The molecule has 3 N–H and O–H groups in total. The van der Waals surface area contributed by atoms with E-state index < -0.39 is 5.91 Å². The fourth-order valence-electron chi connectivity index (χ4n) is 2.75. The van der Waals surface area contributed by atoms with E-state index in [4.69, 9.17) is 9.47 Å². The fraction of sp³-hybridized carbons (Fsp3) is 0.0833. The molecule has 0 aromatic heterocycles. The van der Waals surface area contributed by atoms with Gasteiger partial charge in [0, 0.05) is 35.0 Å². The van der Waals surface area contributed by atoms with Gasteiger partial charge < -0.3 is 25.4 Å². The van der Waals surface area contributed by atoms with E-state index in [1.54, 1.807) is 18.2 Å². The zero-order valence-corrected chi connectivity index (χ0v) is 17.2. The van der Waals surface area contributed by atoms with E-state index in [9.17, 15) is 10.1 Å². The molecule has 3 aromatic carbocycles. The van der Waals surface area contributed by atoms with Gasteiger partial charge in [0.1, 0.15) is 11.6 Å². The van der Waals surface area contributed by atoms with Crippen molar-refractivity contribution >= 4 is 28.7 Å². The number of ether oxygens (including phenoxy) is 2. The second-order valence-electron chi connectivity index (χ2n) is 6.41. The van der Waals surface area contributed by atoms with Crippen LogP contribution >= 0.6 is 0 Å². The molecule has 0 unspecified atom stereocenters. The topological polar surface area (TPSA) is 95.4 Å². The first kappa shape index (κ1) is 21.3. The molecule has 3 rings (SSSR count). The Labute approximate surface area is 180 Å². The molecule has 0 atom stereocenters. The Morgan fingerprint density at radius 2 is 1.45 bits per heavy atom. The van der Waals surface area contributed by atoms with Crippen molar-refractivity contribution in [2.75, 3.05) is 30.2 Å². The number of hydrogen-bond donors (Lipinski definition) is 3. The van der Waals surface area contributed by atoms with Crippen LogP contribution in [0, 0.1) is 11.3 Å². The van der Waals surface area contributed by atoms with Gasteiger partial charge in [-0.05, 0) is 48.5 Å². The predicted octanol–water partition coefficient (Wildman–Crippen LogP) is 4.91. The van der Waals surface area contributed by atoms with Crippen LogP contribution < -0.4 is 25.4 Å². The van der Waals surface area contributed by atoms with Crippen LogP contribution in [0.25, 0.3) is 0 Å². The molecule has 31 heavy (non-hydrogen) atoms. The summed E-state index contributed by atoms with van der Waals surface area (Å²) in [6.45, 7) is 0. The maximum absolute atomic E-state index is 12.5. The van der Waals surface area contributed by atoms with Crippen LogP contribution in [0.2, 0.25) is 0 Å². The van der Waals surface area contributed by atoms with Crippen molar-refractivity contribution < 1.29 is 14.3 Å². The van der Waals surface area contributed by atoms with E-state index in [1.165, 1.54) is 20.4 Å². The molecule has 156 valence electrons. The zero-order chi connectivity index (χ0) is 22.1. The number of nitrogens with zero attached hydrogens (tertiary/aromatic N) is 1. The van der Waals surface area contributed by atoms with Gasteiger partial charge in [0.25, 0.3) is 5.91 Å². The third kappa shape index (κ3) is 5.78. The van der Waals surface area contributed by atoms with Gasteiger partial charge in [0.2, 0.25) is 0 Å². The minimum Gasteiger partial charge on any atom is -0.493 e. The Morgan fingerprint density at radius 1 is 0.839 bits per heavy atom. The highest BCUT2D eigenvalue weighted by Crippen LogP contribution is 2.29. The van der Waals surface area contributed by atoms with Crippen LogP contribution in [0.5, 0.6) is 11.5 Å². The molecule has 0 saturated carbocycles. The monoisotopic (exact) mass is 414 g/mol. The first-order valence-electron chi connectivity index (χ1n) is 9.45. The van der Waals surface area contributed by atoms with Crippen molar-refractivity contribution in [1.29, 1.82) is 5.26 Å². The first-order chi connectivity index (χ1) is 15.1. The van der Waals surface area contributed by atoms with Crippen LogP contribution in [0.4, 0.5) is 22.7 Å². The average molecular weight is 414 g/mol. The van der Waals surface area contributed by atoms with Crippen molar-refractivity contribution in [3.05, 3.63) is 84.6 Å². The maximum Gasteiger partial charge on any atom is 0.267 e. The predicted molar refractivity (Wildman–Crippen MR) is 122 cm³/mol. The standard InChI is InChI=1S/C24H22N4O3/c1-30-22-13-12-21(14-23(22)31-2)28-24(29)17(15-25)16-26-18-8-10-20(11-9-18)27-19-6-4-3-5-7-19/h3-14,16,26-27H,1-2H3,(H,28,29)/b17-16-. The second-order valence-corrected chi connectivity index (χ2v) is 6.41. The van der Waals surface area contributed by atoms with Gasteiger partial charge in [-0.25, -0.2) is 0 Å². The number of methoxy groups -OCH3 is 2. The minimum absolute atomic E-state index is 0.0683. The summed E-state index contributed by atoms with van der Waals surface area (Å²) in [6.07, 6.45) is 1.37. The number of carbonyl (C=O) groups is 1. The fourth-order valence-corrected chi connectivity index (χ4v) is 2.75. The lowest BCUT2D eigenvalue weighted by Gasteiger charge is -2.10. The Kier molecular flexibility index (Phi) is 7.12. The molecular formula is C24H22N4O3. The summed E-state index contributed by atoms with van der Waals surface area (Å²) in [6, 6.07) is 24.2. The van der Waals surface area contributed by atoms with E-state index >= 15 is 0 Å².